The largest absolute Gasteiger partial charge is 0.491 e. The molecular weight excluding hydrogens is 200 g/mol. The number of hydrogen-bond donors (Lipinski definition) is 0. The molecule has 0 aromatic heterocycles. The Bertz CT molecular complexity index is 276. The van der Waals surface area contributed by atoms with E-state index < -0.39 is 0 Å². The summed E-state index contributed by atoms with van der Waals surface area (Å²) < 4.78 is 10.7. The highest BCUT2D eigenvalue weighted by Crippen LogP contribution is 2.19. The topological polar surface area (TPSA) is 18.5 Å². The summed E-state index contributed by atoms with van der Waals surface area (Å²) in [6.07, 6.45) is 0.0957. The monoisotopic (exact) mass is 214 g/mol. The molecule has 0 saturated carbocycles. The van der Waals surface area contributed by atoms with Crippen molar-refractivity contribution in [3.05, 3.63) is 29.8 Å². The van der Waals surface area contributed by atoms with Crippen molar-refractivity contribution in [2.45, 2.75) is 18.9 Å². The Morgan fingerprint density at radius 2 is 2.07 bits per heavy atom. The normalized spacial score (nSPS) is 12.5. The second kappa shape index (κ2) is 5.89. The van der Waals surface area contributed by atoms with E-state index in [4.69, 9.17) is 21.1 Å². The van der Waals surface area contributed by atoms with Crippen LogP contribution in [0.4, 0.5) is 0 Å². The lowest BCUT2D eigenvalue weighted by Crippen LogP contribution is -2.16. The maximum atomic E-state index is 5.77. The molecule has 0 N–H and O–H groups in total. The molecule has 0 aliphatic heterocycles. The SMILES string of the molecule is COC(C)COc1ccccc1CCl. The van der Waals surface area contributed by atoms with Gasteiger partial charge in [0.25, 0.3) is 0 Å². The molecule has 0 amide bonds. The van der Waals surface area contributed by atoms with Gasteiger partial charge in [0, 0.05) is 12.7 Å². The number of rotatable bonds is 5. The fraction of sp³-hybridized carbons (Fsp3) is 0.455. The summed E-state index contributed by atoms with van der Waals surface area (Å²) in [7, 11) is 1.67. The molecule has 78 valence electrons. The van der Waals surface area contributed by atoms with Gasteiger partial charge in [0.15, 0.2) is 0 Å². The van der Waals surface area contributed by atoms with Crippen molar-refractivity contribution in [1.82, 2.24) is 0 Å². The standard InChI is InChI=1S/C11H15ClO2/c1-9(13-2)8-14-11-6-4-3-5-10(11)7-12/h3-6,9H,7-8H2,1-2H3. The molecule has 0 fully saturated rings. The number of halogens is 1. The van der Waals surface area contributed by atoms with Gasteiger partial charge >= 0.3 is 0 Å². The van der Waals surface area contributed by atoms with Gasteiger partial charge in [-0.15, -0.1) is 11.6 Å². The summed E-state index contributed by atoms with van der Waals surface area (Å²) in [4.78, 5) is 0. The lowest BCUT2D eigenvalue weighted by molar-refractivity contribution is 0.0714. The van der Waals surface area contributed by atoms with Crippen molar-refractivity contribution in [3.8, 4) is 5.75 Å². The van der Waals surface area contributed by atoms with Crippen LogP contribution in [0, 0.1) is 0 Å². The number of methoxy groups -OCH3 is 1. The Labute approximate surface area is 89.8 Å². The van der Waals surface area contributed by atoms with E-state index in [1.54, 1.807) is 7.11 Å². The number of para-hydroxylation sites is 1. The molecule has 0 spiro atoms. The third-order valence-electron chi connectivity index (χ3n) is 1.99. The van der Waals surface area contributed by atoms with Crippen molar-refractivity contribution in [2.75, 3.05) is 13.7 Å². The molecule has 1 rings (SSSR count). The van der Waals surface area contributed by atoms with Gasteiger partial charge in [-0.1, -0.05) is 18.2 Å². The van der Waals surface area contributed by atoms with Crippen LogP contribution < -0.4 is 4.74 Å². The molecule has 14 heavy (non-hydrogen) atoms. The van der Waals surface area contributed by atoms with Gasteiger partial charge in [-0.3, -0.25) is 0 Å². The van der Waals surface area contributed by atoms with E-state index in [0.29, 0.717) is 12.5 Å². The van der Waals surface area contributed by atoms with Crippen molar-refractivity contribution in [2.24, 2.45) is 0 Å². The molecule has 3 heteroatoms. The second-order valence-electron chi connectivity index (χ2n) is 3.10. The molecule has 0 aliphatic rings. The number of alkyl halides is 1. The van der Waals surface area contributed by atoms with Gasteiger partial charge < -0.3 is 9.47 Å². The molecule has 0 aliphatic carbocycles. The molecule has 1 unspecified atom stereocenters. The summed E-state index contributed by atoms with van der Waals surface area (Å²) in [5, 5.41) is 0. The van der Waals surface area contributed by atoms with Crippen molar-refractivity contribution in [1.29, 1.82) is 0 Å². The van der Waals surface area contributed by atoms with E-state index >= 15 is 0 Å². The molecule has 1 aromatic rings. The van der Waals surface area contributed by atoms with Crippen LogP contribution in [0.15, 0.2) is 24.3 Å². The summed E-state index contributed by atoms with van der Waals surface area (Å²) >= 11 is 5.77. The minimum absolute atomic E-state index is 0.0957. The fourth-order valence-corrected chi connectivity index (χ4v) is 1.25. The van der Waals surface area contributed by atoms with E-state index in [2.05, 4.69) is 0 Å². The number of benzene rings is 1. The van der Waals surface area contributed by atoms with Crippen LogP contribution in [0.25, 0.3) is 0 Å². The third kappa shape index (κ3) is 3.20. The maximum Gasteiger partial charge on any atom is 0.123 e. The van der Waals surface area contributed by atoms with Crippen LogP contribution in [0.5, 0.6) is 5.75 Å². The second-order valence-corrected chi connectivity index (χ2v) is 3.37. The van der Waals surface area contributed by atoms with Crippen LogP contribution >= 0.6 is 11.6 Å². The lowest BCUT2D eigenvalue weighted by Gasteiger charge is -2.13. The van der Waals surface area contributed by atoms with Crippen LogP contribution in [0.2, 0.25) is 0 Å². The minimum atomic E-state index is 0.0957. The van der Waals surface area contributed by atoms with Crippen molar-refractivity contribution < 1.29 is 9.47 Å². The molecule has 0 radical (unpaired) electrons. The van der Waals surface area contributed by atoms with Crippen molar-refractivity contribution in [3.63, 3.8) is 0 Å². The molecule has 0 bridgehead atoms. The first-order valence-electron chi connectivity index (χ1n) is 4.57. The quantitative estimate of drug-likeness (QED) is 0.702. The highest BCUT2D eigenvalue weighted by Gasteiger charge is 2.04. The zero-order valence-electron chi connectivity index (χ0n) is 8.50. The zero-order valence-corrected chi connectivity index (χ0v) is 9.25. The number of ether oxygens (including phenoxy) is 2. The predicted octanol–water partition coefficient (Wildman–Crippen LogP) is 2.84. The van der Waals surface area contributed by atoms with Gasteiger partial charge in [0.05, 0.1) is 12.0 Å². The van der Waals surface area contributed by atoms with Gasteiger partial charge in [0.1, 0.15) is 12.4 Å². The smallest absolute Gasteiger partial charge is 0.123 e. The van der Waals surface area contributed by atoms with Gasteiger partial charge in [-0.05, 0) is 13.0 Å². The summed E-state index contributed by atoms with van der Waals surface area (Å²) in [6, 6.07) is 7.76. The highest BCUT2D eigenvalue weighted by molar-refractivity contribution is 6.17. The zero-order chi connectivity index (χ0) is 10.4. The predicted molar refractivity (Wildman–Crippen MR) is 58.0 cm³/mol. The van der Waals surface area contributed by atoms with E-state index in [1.807, 2.05) is 31.2 Å². The summed E-state index contributed by atoms with van der Waals surface area (Å²) in [6.45, 7) is 2.51. The van der Waals surface area contributed by atoms with E-state index in [0.717, 1.165) is 11.3 Å². The van der Waals surface area contributed by atoms with Gasteiger partial charge in [-0.2, -0.15) is 0 Å². The average molecular weight is 215 g/mol. The van der Waals surface area contributed by atoms with Crippen LogP contribution in [-0.4, -0.2) is 19.8 Å². The Kier molecular flexibility index (Phi) is 4.77. The molecule has 0 saturated heterocycles. The Morgan fingerprint density at radius 3 is 2.71 bits per heavy atom. The van der Waals surface area contributed by atoms with Crippen LogP contribution in [-0.2, 0) is 10.6 Å². The first-order chi connectivity index (χ1) is 6.77. The molecule has 1 atom stereocenters. The Balaban J connectivity index is 2.57. The molecule has 1 aromatic carbocycles. The van der Waals surface area contributed by atoms with E-state index in [9.17, 15) is 0 Å². The van der Waals surface area contributed by atoms with Gasteiger partial charge in [0.2, 0.25) is 0 Å². The first-order valence-corrected chi connectivity index (χ1v) is 5.11. The fourth-order valence-electron chi connectivity index (χ4n) is 1.03. The summed E-state index contributed by atoms with van der Waals surface area (Å²) in [5.41, 5.74) is 1.01. The van der Waals surface area contributed by atoms with Crippen molar-refractivity contribution >= 4 is 11.6 Å². The number of hydrogen-bond acceptors (Lipinski definition) is 2. The molecular formula is C11H15ClO2. The van der Waals surface area contributed by atoms with Crippen LogP contribution in [0.1, 0.15) is 12.5 Å². The lowest BCUT2D eigenvalue weighted by atomic mass is 10.2. The van der Waals surface area contributed by atoms with Gasteiger partial charge in [-0.25, -0.2) is 0 Å². The molecule has 0 heterocycles. The minimum Gasteiger partial charge on any atom is -0.491 e. The highest BCUT2D eigenvalue weighted by atomic mass is 35.5. The Hall–Kier alpha value is -0.730. The first kappa shape index (κ1) is 11.3. The maximum absolute atomic E-state index is 5.77. The molecule has 2 nitrogen and oxygen atoms in total. The average Bonchev–Trinajstić information content (AvgIpc) is 2.26. The van der Waals surface area contributed by atoms with E-state index in [1.165, 1.54) is 0 Å². The third-order valence-corrected chi connectivity index (χ3v) is 2.28. The summed E-state index contributed by atoms with van der Waals surface area (Å²) in [5.74, 6) is 1.31. The van der Waals surface area contributed by atoms with E-state index in [-0.39, 0.29) is 6.10 Å². The van der Waals surface area contributed by atoms with Crippen LogP contribution in [0.3, 0.4) is 0 Å². The Morgan fingerprint density at radius 1 is 1.36 bits per heavy atom.